The van der Waals surface area contributed by atoms with Crippen LogP contribution >= 0.6 is 0 Å². The van der Waals surface area contributed by atoms with Gasteiger partial charge in [0, 0.05) is 0 Å². The van der Waals surface area contributed by atoms with Crippen LogP contribution in [-0.2, 0) is 0 Å². The molecule has 1 saturated carbocycles. The van der Waals surface area contributed by atoms with E-state index in [1.54, 1.807) is 0 Å². The molecule has 1 atom stereocenters. The number of rotatable bonds is 1. The number of hydrogen-bond acceptors (Lipinski definition) is 0. The summed E-state index contributed by atoms with van der Waals surface area (Å²) in [5.74, 6) is 0.865. The molecule has 11 heavy (non-hydrogen) atoms. The lowest BCUT2D eigenvalue weighted by Gasteiger charge is -2.49. The summed E-state index contributed by atoms with van der Waals surface area (Å²) >= 11 is 0. The van der Waals surface area contributed by atoms with E-state index in [2.05, 4.69) is 34.6 Å². The van der Waals surface area contributed by atoms with Crippen molar-refractivity contribution in [1.82, 2.24) is 0 Å². The van der Waals surface area contributed by atoms with Gasteiger partial charge in [-0.2, -0.15) is 0 Å². The molecule has 0 heteroatoms. The first-order valence-electron chi connectivity index (χ1n) is 4.86. The number of hydrogen-bond donors (Lipinski definition) is 0. The largest absolute Gasteiger partial charge is 0.0615 e. The summed E-state index contributed by atoms with van der Waals surface area (Å²) < 4.78 is 0. The zero-order chi connectivity index (χ0) is 8.70. The Labute approximate surface area is 71.4 Å². The third-order valence-electron chi connectivity index (χ3n) is 3.84. The van der Waals surface area contributed by atoms with Gasteiger partial charge in [-0.15, -0.1) is 0 Å². The molecule has 66 valence electrons. The first-order chi connectivity index (χ1) is 4.86. The molecule has 0 unspecified atom stereocenters. The van der Waals surface area contributed by atoms with Gasteiger partial charge in [0.25, 0.3) is 0 Å². The molecule has 0 radical (unpaired) electrons. The molecule has 1 rings (SSSR count). The summed E-state index contributed by atoms with van der Waals surface area (Å²) in [6.07, 6.45) is 4.35. The van der Waals surface area contributed by atoms with Gasteiger partial charge in [-0.3, -0.25) is 0 Å². The fraction of sp³-hybridized carbons (Fsp3) is 1.00. The predicted molar refractivity (Wildman–Crippen MR) is 50.6 cm³/mol. The van der Waals surface area contributed by atoms with Gasteiger partial charge < -0.3 is 0 Å². The summed E-state index contributed by atoms with van der Waals surface area (Å²) in [5, 5.41) is 0. The van der Waals surface area contributed by atoms with Gasteiger partial charge in [-0.1, -0.05) is 41.0 Å². The molecule has 1 fully saturated rings. The van der Waals surface area contributed by atoms with E-state index in [0.29, 0.717) is 10.8 Å². The molecule has 0 saturated heterocycles. The van der Waals surface area contributed by atoms with E-state index in [9.17, 15) is 0 Å². The molecular formula is C11H22. The van der Waals surface area contributed by atoms with Crippen LogP contribution in [0.2, 0.25) is 0 Å². The van der Waals surface area contributed by atoms with E-state index < -0.39 is 0 Å². The molecular weight excluding hydrogens is 132 g/mol. The van der Waals surface area contributed by atoms with Crippen LogP contribution < -0.4 is 0 Å². The van der Waals surface area contributed by atoms with E-state index in [0.717, 1.165) is 5.92 Å². The molecule has 0 heterocycles. The lowest BCUT2D eigenvalue weighted by atomic mass is 9.56. The molecule has 0 bridgehead atoms. The van der Waals surface area contributed by atoms with Crippen molar-refractivity contribution in [2.24, 2.45) is 16.7 Å². The molecule has 0 aliphatic heterocycles. The zero-order valence-corrected chi connectivity index (χ0v) is 8.70. The fourth-order valence-corrected chi connectivity index (χ4v) is 2.21. The molecule has 0 amide bonds. The minimum absolute atomic E-state index is 0.495. The van der Waals surface area contributed by atoms with Crippen LogP contribution in [0.25, 0.3) is 0 Å². The molecule has 0 N–H and O–H groups in total. The van der Waals surface area contributed by atoms with Crippen molar-refractivity contribution >= 4 is 0 Å². The maximum atomic E-state index is 2.45. The van der Waals surface area contributed by atoms with Crippen LogP contribution in [0.3, 0.4) is 0 Å². The minimum atomic E-state index is 0.495. The van der Waals surface area contributed by atoms with Crippen molar-refractivity contribution in [2.75, 3.05) is 0 Å². The predicted octanol–water partition coefficient (Wildman–Crippen LogP) is 3.86. The highest BCUT2D eigenvalue weighted by molar-refractivity contribution is 4.92. The quantitative estimate of drug-likeness (QED) is 0.538. The second-order valence-corrected chi connectivity index (χ2v) is 5.60. The Hall–Kier alpha value is 0. The van der Waals surface area contributed by atoms with Crippen LogP contribution in [0.5, 0.6) is 0 Å². The van der Waals surface area contributed by atoms with E-state index >= 15 is 0 Å². The van der Waals surface area contributed by atoms with Crippen molar-refractivity contribution in [2.45, 2.75) is 53.9 Å². The molecule has 0 spiro atoms. The van der Waals surface area contributed by atoms with E-state index in [1.165, 1.54) is 19.3 Å². The maximum absolute atomic E-state index is 2.45. The van der Waals surface area contributed by atoms with Crippen LogP contribution in [0, 0.1) is 16.7 Å². The van der Waals surface area contributed by atoms with Gasteiger partial charge in [0.05, 0.1) is 0 Å². The highest BCUT2D eigenvalue weighted by Gasteiger charge is 2.41. The van der Waals surface area contributed by atoms with Crippen molar-refractivity contribution < 1.29 is 0 Å². The van der Waals surface area contributed by atoms with Gasteiger partial charge in [-0.25, -0.2) is 0 Å². The molecule has 0 nitrogen and oxygen atoms in total. The average molecular weight is 154 g/mol. The second-order valence-electron chi connectivity index (χ2n) is 5.60. The third kappa shape index (κ3) is 1.60. The SMILES string of the molecule is C[C@H](C(C)(C)C)C1(C)CCC1. The Kier molecular flexibility index (Phi) is 2.07. The maximum Gasteiger partial charge on any atom is -0.0295 e. The van der Waals surface area contributed by atoms with Crippen molar-refractivity contribution in [3.05, 3.63) is 0 Å². The van der Waals surface area contributed by atoms with E-state index in [-0.39, 0.29) is 0 Å². The van der Waals surface area contributed by atoms with Crippen LogP contribution in [-0.4, -0.2) is 0 Å². The molecule has 0 aromatic carbocycles. The van der Waals surface area contributed by atoms with Crippen LogP contribution in [0.4, 0.5) is 0 Å². The van der Waals surface area contributed by atoms with Gasteiger partial charge in [-0.05, 0) is 29.6 Å². The summed E-state index contributed by atoms with van der Waals surface area (Å²) in [4.78, 5) is 0. The average Bonchev–Trinajstić information content (AvgIpc) is 1.79. The van der Waals surface area contributed by atoms with Gasteiger partial charge in [0.1, 0.15) is 0 Å². The van der Waals surface area contributed by atoms with Gasteiger partial charge in [0.15, 0.2) is 0 Å². The summed E-state index contributed by atoms with van der Waals surface area (Å²) in [6, 6.07) is 0. The molecule has 0 aromatic rings. The van der Waals surface area contributed by atoms with Crippen molar-refractivity contribution in [3.8, 4) is 0 Å². The topological polar surface area (TPSA) is 0 Å². The Morgan fingerprint density at radius 3 is 1.73 bits per heavy atom. The lowest BCUT2D eigenvalue weighted by molar-refractivity contribution is 0.0136. The normalized spacial score (nSPS) is 25.9. The van der Waals surface area contributed by atoms with Crippen LogP contribution in [0.1, 0.15) is 53.9 Å². The highest BCUT2D eigenvalue weighted by Crippen LogP contribution is 2.52. The standard InChI is InChI=1S/C11H22/c1-9(10(2,3)4)11(5)7-6-8-11/h9H,6-8H2,1-5H3/t9-/m1/s1. The Morgan fingerprint density at radius 1 is 1.18 bits per heavy atom. The minimum Gasteiger partial charge on any atom is -0.0615 e. The first-order valence-corrected chi connectivity index (χ1v) is 4.86. The summed E-state index contributed by atoms with van der Waals surface area (Å²) in [5.41, 5.74) is 1.16. The fourth-order valence-electron chi connectivity index (χ4n) is 2.21. The van der Waals surface area contributed by atoms with Gasteiger partial charge in [0.2, 0.25) is 0 Å². The second kappa shape index (κ2) is 2.50. The monoisotopic (exact) mass is 154 g/mol. The van der Waals surface area contributed by atoms with E-state index in [4.69, 9.17) is 0 Å². The summed E-state index contributed by atoms with van der Waals surface area (Å²) in [7, 11) is 0. The Morgan fingerprint density at radius 2 is 1.64 bits per heavy atom. The molecule has 0 aromatic heterocycles. The van der Waals surface area contributed by atoms with Crippen molar-refractivity contribution in [3.63, 3.8) is 0 Å². The first kappa shape index (κ1) is 9.09. The molecule has 1 aliphatic carbocycles. The zero-order valence-electron chi connectivity index (χ0n) is 8.70. The molecule has 1 aliphatic rings. The third-order valence-corrected chi connectivity index (χ3v) is 3.84. The van der Waals surface area contributed by atoms with E-state index in [1.807, 2.05) is 0 Å². The summed E-state index contributed by atoms with van der Waals surface area (Å²) in [6.45, 7) is 12.0. The highest BCUT2D eigenvalue weighted by atomic mass is 14.5. The Bertz CT molecular complexity index is 135. The smallest absolute Gasteiger partial charge is 0.0295 e. The Balaban J connectivity index is 2.60. The van der Waals surface area contributed by atoms with Gasteiger partial charge >= 0.3 is 0 Å². The lowest BCUT2D eigenvalue weighted by Crippen LogP contribution is -2.39. The van der Waals surface area contributed by atoms with Crippen LogP contribution in [0.15, 0.2) is 0 Å². The van der Waals surface area contributed by atoms with Crippen molar-refractivity contribution in [1.29, 1.82) is 0 Å².